The molecule has 2 N–H and O–H groups in total. The largest absolute Gasteiger partial charge is 0.395 e. The van der Waals surface area contributed by atoms with Crippen LogP contribution in [0, 0.1) is 17.6 Å². The Balaban J connectivity index is 1.81. The van der Waals surface area contributed by atoms with Gasteiger partial charge < -0.3 is 15.3 Å². The molecule has 0 amide bonds. The first kappa shape index (κ1) is 16.3. The molecule has 1 aromatic rings. The van der Waals surface area contributed by atoms with Gasteiger partial charge in [0.2, 0.25) is 0 Å². The summed E-state index contributed by atoms with van der Waals surface area (Å²) in [6.07, 6.45) is 2.11. The maximum Gasteiger partial charge on any atom is 0.130 e. The minimum Gasteiger partial charge on any atom is -0.395 e. The molecule has 0 unspecified atom stereocenters. The predicted octanol–water partition coefficient (Wildman–Crippen LogP) is 2.32. The van der Waals surface area contributed by atoms with Crippen LogP contribution in [-0.4, -0.2) is 42.8 Å². The molecule has 118 valence electrons. The van der Waals surface area contributed by atoms with Crippen LogP contribution >= 0.6 is 0 Å². The van der Waals surface area contributed by atoms with E-state index in [1.807, 2.05) is 0 Å². The smallest absolute Gasteiger partial charge is 0.130 e. The number of hydrogen-bond donors (Lipinski definition) is 2. The number of aliphatic hydroxyl groups excluding tert-OH is 1. The lowest BCUT2D eigenvalue weighted by Gasteiger charge is -2.32. The molecule has 0 aliphatic carbocycles. The molecule has 2 rings (SSSR count). The molecular weight excluding hydrogens is 274 g/mol. The van der Waals surface area contributed by atoms with Crippen molar-refractivity contribution < 1.29 is 13.9 Å². The molecule has 0 bridgehead atoms. The standard InChI is InChI=1S/C16H24F2N2O/c1-12(16-14(17)3-2-4-15(16)18)19-11-13-5-7-20(8-6-13)9-10-21/h2-4,12-13,19,21H,5-11H2,1H3/t12-/m1/s1. The van der Waals surface area contributed by atoms with Crippen LogP contribution in [-0.2, 0) is 0 Å². The Hall–Kier alpha value is -1.04. The van der Waals surface area contributed by atoms with E-state index in [-0.39, 0.29) is 18.2 Å². The molecule has 1 aliphatic rings. The predicted molar refractivity (Wildman–Crippen MR) is 79.0 cm³/mol. The minimum atomic E-state index is -0.493. The molecule has 1 aromatic carbocycles. The maximum atomic E-state index is 13.7. The summed E-state index contributed by atoms with van der Waals surface area (Å²) in [4.78, 5) is 2.25. The second-order valence-corrected chi connectivity index (χ2v) is 5.77. The van der Waals surface area contributed by atoms with Gasteiger partial charge in [-0.15, -0.1) is 0 Å². The summed E-state index contributed by atoms with van der Waals surface area (Å²) in [6, 6.07) is 3.65. The van der Waals surface area contributed by atoms with Crippen molar-refractivity contribution in [2.24, 2.45) is 5.92 Å². The SMILES string of the molecule is C[C@@H](NCC1CCN(CCO)CC1)c1c(F)cccc1F. The first-order chi connectivity index (χ1) is 10.1. The topological polar surface area (TPSA) is 35.5 Å². The Labute approximate surface area is 125 Å². The van der Waals surface area contributed by atoms with Crippen LogP contribution in [0.2, 0.25) is 0 Å². The number of nitrogens with zero attached hydrogens (tertiary/aromatic N) is 1. The molecule has 1 aliphatic heterocycles. The average Bonchev–Trinajstić information content (AvgIpc) is 2.47. The number of halogens is 2. The van der Waals surface area contributed by atoms with Crippen LogP contribution in [0.4, 0.5) is 8.78 Å². The number of nitrogens with one attached hydrogen (secondary N) is 1. The normalized spacial score (nSPS) is 18.9. The molecule has 0 aromatic heterocycles. The van der Waals surface area contributed by atoms with Gasteiger partial charge in [-0.25, -0.2) is 8.78 Å². The van der Waals surface area contributed by atoms with Gasteiger partial charge in [-0.05, 0) is 57.5 Å². The van der Waals surface area contributed by atoms with Gasteiger partial charge in [0, 0.05) is 18.2 Å². The highest BCUT2D eigenvalue weighted by Crippen LogP contribution is 2.22. The molecule has 1 atom stereocenters. The van der Waals surface area contributed by atoms with Crippen molar-refractivity contribution in [3.8, 4) is 0 Å². The summed E-state index contributed by atoms with van der Waals surface area (Å²) in [5, 5.41) is 12.2. The third-order valence-corrected chi connectivity index (χ3v) is 4.27. The van der Waals surface area contributed by atoms with Crippen molar-refractivity contribution >= 4 is 0 Å². The van der Waals surface area contributed by atoms with Crippen molar-refractivity contribution in [3.05, 3.63) is 35.4 Å². The van der Waals surface area contributed by atoms with E-state index in [4.69, 9.17) is 5.11 Å². The van der Waals surface area contributed by atoms with Crippen LogP contribution in [0.1, 0.15) is 31.4 Å². The number of rotatable bonds is 6. The fraction of sp³-hybridized carbons (Fsp3) is 0.625. The van der Waals surface area contributed by atoms with Crippen LogP contribution in [0.3, 0.4) is 0 Å². The Kier molecular flexibility index (Phi) is 6.08. The number of benzene rings is 1. The molecule has 1 fully saturated rings. The van der Waals surface area contributed by atoms with Crippen LogP contribution < -0.4 is 5.32 Å². The third-order valence-electron chi connectivity index (χ3n) is 4.27. The van der Waals surface area contributed by atoms with E-state index in [0.29, 0.717) is 5.92 Å². The highest BCUT2D eigenvalue weighted by atomic mass is 19.1. The first-order valence-corrected chi connectivity index (χ1v) is 7.62. The van der Waals surface area contributed by atoms with Crippen LogP contribution in [0.15, 0.2) is 18.2 Å². The van der Waals surface area contributed by atoms with E-state index in [1.54, 1.807) is 6.92 Å². The van der Waals surface area contributed by atoms with Crippen molar-refractivity contribution in [2.45, 2.75) is 25.8 Å². The van der Waals surface area contributed by atoms with Gasteiger partial charge in [0.05, 0.1) is 6.61 Å². The molecule has 0 saturated carbocycles. The Bertz CT molecular complexity index is 428. The van der Waals surface area contributed by atoms with Crippen LogP contribution in [0.5, 0.6) is 0 Å². The van der Waals surface area contributed by atoms with E-state index in [9.17, 15) is 8.78 Å². The lowest BCUT2D eigenvalue weighted by molar-refractivity contribution is 0.145. The highest BCUT2D eigenvalue weighted by molar-refractivity contribution is 5.22. The molecular formula is C16H24F2N2O. The fourth-order valence-electron chi connectivity index (χ4n) is 2.93. The van der Waals surface area contributed by atoms with E-state index in [2.05, 4.69) is 10.2 Å². The third kappa shape index (κ3) is 4.46. The lowest BCUT2D eigenvalue weighted by atomic mass is 9.96. The molecule has 21 heavy (non-hydrogen) atoms. The molecule has 3 nitrogen and oxygen atoms in total. The highest BCUT2D eigenvalue weighted by Gasteiger charge is 2.21. The minimum absolute atomic E-state index is 0.121. The lowest BCUT2D eigenvalue weighted by Crippen LogP contribution is -2.39. The number of likely N-dealkylation sites (tertiary alicyclic amines) is 1. The molecule has 0 radical (unpaired) electrons. The zero-order valence-electron chi connectivity index (χ0n) is 12.5. The van der Waals surface area contributed by atoms with Gasteiger partial charge in [-0.1, -0.05) is 6.07 Å². The second-order valence-electron chi connectivity index (χ2n) is 5.77. The second kappa shape index (κ2) is 7.82. The van der Waals surface area contributed by atoms with Gasteiger partial charge >= 0.3 is 0 Å². The summed E-state index contributed by atoms with van der Waals surface area (Å²) < 4.78 is 27.4. The van der Waals surface area contributed by atoms with E-state index in [0.717, 1.165) is 39.0 Å². The van der Waals surface area contributed by atoms with Gasteiger partial charge in [-0.2, -0.15) is 0 Å². The molecule has 5 heteroatoms. The van der Waals surface area contributed by atoms with Gasteiger partial charge in [0.25, 0.3) is 0 Å². The van der Waals surface area contributed by atoms with Gasteiger partial charge in [0.15, 0.2) is 0 Å². The monoisotopic (exact) mass is 298 g/mol. The van der Waals surface area contributed by atoms with Gasteiger partial charge in [0.1, 0.15) is 11.6 Å². The number of β-amino-alcohol motifs (C(OH)–C–C–N with tert-alkyl or cyclic N) is 1. The Morgan fingerprint density at radius 3 is 2.48 bits per heavy atom. The maximum absolute atomic E-state index is 13.7. The Morgan fingerprint density at radius 1 is 1.29 bits per heavy atom. The average molecular weight is 298 g/mol. The molecule has 0 spiro atoms. The fourth-order valence-corrected chi connectivity index (χ4v) is 2.93. The quantitative estimate of drug-likeness (QED) is 0.846. The Morgan fingerprint density at radius 2 is 1.90 bits per heavy atom. The van der Waals surface area contributed by atoms with Crippen molar-refractivity contribution in [2.75, 3.05) is 32.8 Å². The van der Waals surface area contributed by atoms with E-state index < -0.39 is 11.6 Å². The number of hydrogen-bond acceptors (Lipinski definition) is 3. The van der Waals surface area contributed by atoms with E-state index in [1.165, 1.54) is 18.2 Å². The first-order valence-electron chi connectivity index (χ1n) is 7.62. The summed E-state index contributed by atoms with van der Waals surface area (Å²) in [7, 11) is 0. The summed E-state index contributed by atoms with van der Waals surface area (Å²) in [5.41, 5.74) is 0.121. The molecule has 1 saturated heterocycles. The van der Waals surface area contributed by atoms with Crippen molar-refractivity contribution in [1.29, 1.82) is 0 Å². The molecule has 1 heterocycles. The van der Waals surface area contributed by atoms with E-state index >= 15 is 0 Å². The van der Waals surface area contributed by atoms with Crippen molar-refractivity contribution in [3.63, 3.8) is 0 Å². The van der Waals surface area contributed by atoms with Crippen molar-refractivity contribution in [1.82, 2.24) is 10.2 Å². The van der Waals surface area contributed by atoms with Gasteiger partial charge in [-0.3, -0.25) is 0 Å². The number of aliphatic hydroxyl groups is 1. The summed E-state index contributed by atoms with van der Waals surface area (Å²) in [5.74, 6) is -0.460. The van der Waals surface area contributed by atoms with Crippen LogP contribution in [0.25, 0.3) is 0 Å². The summed E-state index contributed by atoms with van der Waals surface area (Å²) in [6.45, 7) is 5.46. The number of piperidine rings is 1. The zero-order valence-corrected chi connectivity index (χ0v) is 12.5. The summed E-state index contributed by atoms with van der Waals surface area (Å²) >= 11 is 0. The zero-order chi connectivity index (χ0) is 15.2.